The largest absolute Gasteiger partial charge is 0.411 e. The fourth-order valence-electron chi connectivity index (χ4n) is 1.00. The Bertz CT molecular complexity index is 273. The van der Waals surface area contributed by atoms with Gasteiger partial charge in [-0.25, -0.2) is 0 Å². The van der Waals surface area contributed by atoms with Crippen molar-refractivity contribution in [1.29, 1.82) is 0 Å². The minimum atomic E-state index is 0.927. The molecule has 1 aromatic rings. The minimum absolute atomic E-state index is 0.927. The number of hydrogen-bond acceptors (Lipinski definition) is 2. The molecule has 0 atom stereocenters. The first-order valence-electron chi connectivity index (χ1n) is 3.69. The van der Waals surface area contributed by atoms with Gasteiger partial charge in [0.05, 0.1) is 6.21 Å². The molecule has 64 valence electrons. The molecule has 0 heterocycles. The predicted molar refractivity (Wildman–Crippen MR) is 53.3 cm³/mol. The van der Waals surface area contributed by atoms with Gasteiger partial charge in [-0.2, -0.15) is 0 Å². The summed E-state index contributed by atoms with van der Waals surface area (Å²) in [5.41, 5.74) is 2.17. The maximum Gasteiger partial charge on any atom is 0.0733 e. The zero-order valence-corrected chi connectivity index (χ0v) is 8.16. The van der Waals surface area contributed by atoms with Gasteiger partial charge in [0.1, 0.15) is 0 Å². The zero-order valence-electron chi connectivity index (χ0n) is 6.57. The molecule has 0 unspecified atom stereocenters. The van der Waals surface area contributed by atoms with E-state index in [1.54, 1.807) is 0 Å². The summed E-state index contributed by atoms with van der Waals surface area (Å²) in [6.07, 6.45) is 2.42. The Hall–Kier alpha value is -0.830. The summed E-state index contributed by atoms with van der Waals surface area (Å²) in [6.45, 7) is 0. The van der Waals surface area contributed by atoms with Crippen LogP contribution in [0.4, 0.5) is 0 Å². The van der Waals surface area contributed by atoms with Crippen molar-refractivity contribution in [2.24, 2.45) is 5.16 Å². The van der Waals surface area contributed by atoms with E-state index in [1.165, 1.54) is 11.8 Å². The first-order chi connectivity index (χ1) is 5.86. The van der Waals surface area contributed by atoms with Gasteiger partial charge in [-0.05, 0) is 17.5 Å². The number of hydrogen-bond donors (Lipinski definition) is 1. The van der Waals surface area contributed by atoms with E-state index in [1.807, 2.05) is 18.2 Å². The highest BCUT2D eigenvalue weighted by Crippen LogP contribution is 2.05. The molecule has 1 N–H and O–H groups in total. The summed E-state index contributed by atoms with van der Waals surface area (Å²) >= 11 is 3.37. The van der Waals surface area contributed by atoms with Crippen LogP contribution in [0.15, 0.2) is 29.4 Å². The Labute approximate surface area is 80.0 Å². The second-order valence-corrected chi connectivity index (χ2v) is 3.22. The van der Waals surface area contributed by atoms with Crippen LogP contribution >= 0.6 is 15.9 Å². The molecular weight excluding hydrogens is 218 g/mol. The van der Waals surface area contributed by atoms with Crippen molar-refractivity contribution < 1.29 is 5.21 Å². The molecule has 0 bridgehead atoms. The van der Waals surface area contributed by atoms with E-state index in [4.69, 9.17) is 5.21 Å². The van der Waals surface area contributed by atoms with E-state index in [9.17, 15) is 0 Å². The average molecular weight is 228 g/mol. The summed E-state index contributed by atoms with van der Waals surface area (Å²) in [6, 6.07) is 7.91. The molecule has 0 aliphatic heterocycles. The van der Waals surface area contributed by atoms with Gasteiger partial charge in [0, 0.05) is 5.33 Å². The highest BCUT2D eigenvalue weighted by atomic mass is 79.9. The van der Waals surface area contributed by atoms with E-state index in [0.29, 0.717) is 0 Å². The van der Waals surface area contributed by atoms with Crippen LogP contribution in [-0.2, 0) is 6.42 Å². The van der Waals surface area contributed by atoms with Crippen LogP contribution in [0.1, 0.15) is 11.1 Å². The van der Waals surface area contributed by atoms with Gasteiger partial charge in [0.2, 0.25) is 0 Å². The normalized spacial score (nSPS) is 10.8. The molecule has 1 rings (SSSR count). The molecular formula is C9H10BrNO. The summed E-state index contributed by atoms with van der Waals surface area (Å²) in [5.74, 6) is 0. The topological polar surface area (TPSA) is 32.6 Å². The fourth-order valence-corrected chi connectivity index (χ4v) is 1.46. The number of benzene rings is 1. The van der Waals surface area contributed by atoms with E-state index in [2.05, 4.69) is 27.2 Å². The maximum absolute atomic E-state index is 8.30. The number of halogens is 1. The lowest BCUT2D eigenvalue weighted by atomic mass is 10.1. The molecule has 0 aliphatic rings. The second-order valence-electron chi connectivity index (χ2n) is 2.43. The second kappa shape index (κ2) is 4.93. The van der Waals surface area contributed by atoms with Crippen molar-refractivity contribution in [3.63, 3.8) is 0 Å². The van der Waals surface area contributed by atoms with Gasteiger partial charge in [0.25, 0.3) is 0 Å². The van der Waals surface area contributed by atoms with Crippen LogP contribution in [0.5, 0.6) is 0 Å². The third-order valence-corrected chi connectivity index (χ3v) is 1.94. The molecule has 12 heavy (non-hydrogen) atoms. The van der Waals surface area contributed by atoms with Gasteiger partial charge in [0.15, 0.2) is 0 Å². The Balaban J connectivity index is 2.80. The Morgan fingerprint density at radius 2 is 2.33 bits per heavy atom. The molecule has 0 saturated heterocycles. The standard InChI is InChI=1S/C9H10BrNO/c10-5-4-8-2-1-3-9(6-8)7-11-12/h1-3,6-7,12H,4-5H2. The quantitative estimate of drug-likeness (QED) is 0.366. The van der Waals surface area contributed by atoms with Crippen LogP contribution in [0.25, 0.3) is 0 Å². The van der Waals surface area contributed by atoms with Crippen LogP contribution in [-0.4, -0.2) is 16.8 Å². The molecule has 0 aliphatic carbocycles. The van der Waals surface area contributed by atoms with Crippen LogP contribution in [0.3, 0.4) is 0 Å². The number of oxime groups is 1. The van der Waals surface area contributed by atoms with Gasteiger partial charge in [-0.3, -0.25) is 0 Å². The monoisotopic (exact) mass is 227 g/mol. The number of nitrogens with zero attached hydrogens (tertiary/aromatic N) is 1. The summed E-state index contributed by atoms with van der Waals surface area (Å²) < 4.78 is 0. The predicted octanol–water partition coefficient (Wildman–Crippen LogP) is 2.43. The maximum atomic E-state index is 8.30. The van der Waals surface area contributed by atoms with E-state index in [0.717, 1.165) is 17.3 Å². The fraction of sp³-hybridized carbons (Fsp3) is 0.222. The molecule has 0 radical (unpaired) electrons. The van der Waals surface area contributed by atoms with Crippen LogP contribution in [0.2, 0.25) is 0 Å². The first kappa shape index (κ1) is 9.26. The van der Waals surface area contributed by atoms with Crippen LogP contribution < -0.4 is 0 Å². The number of alkyl halides is 1. The van der Waals surface area contributed by atoms with Crippen molar-refractivity contribution >= 4 is 22.1 Å². The van der Waals surface area contributed by atoms with Gasteiger partial charge in [-0.15, -0.1) is 0 Å². The molecule has 0 spiro atoms. The van der Waals surface area contributed by atoms with Crippen molar-refractivity contribution in [3.05, 3.63) is 35.4 Å². The third-order valence-electron chi connectivity index (χ3n) is 1.54. The number of aryl methyl sites for hydroxylation is 1. The number of rotatable bonds is 3. The average Bonchev–Trinajstić information content (AvgIpc) is 2.06. The Kier molecular flexibility index (Phi) is 3.80. The van der Waals surface area contributed by atoms with E-state index in [-0.39, 0.29) is 0 Å². The highest BCUT2D eigenvalue weighted by Gasteiger charge is 1.92. The molecule has 0 saturated carbocycles. The summed E-state index contributed by atoms with van der Waals surface area (Å²) in [4.78, 5) is 0. The van der Waals surface area contributed by atoms with Crippen molar-refractivity contribution in [2.75, 3.05) is 5.33 Å². The molecule has 0 aromatic heterocycles. The lowest BCUT2D eigenvalue weighted by molar-refractivity contribution is 0.322. The molecule has 1 aromatic carbocycles. The first-order valence-corrected chi connectivity index (χ1v) is 4.81. The van der Waals surface area contributed by atoms with Crippen molar-refractivity contribution in [2.45, 2.75) is 6.42 Å². The SMILES string of the molecule is ON=Cc1cccc(CCBr)c1. The molecule has 3 heteroatoms. The van der Waals surface area contributed by atoms with Gasteiger partial charge >= 0.3 is 0 Å². The lowest BCUT2D eigenvalue weighted by Gasteiger charge is -1.97. The molecule has 0 fully saturated rings. The summed E-state index contributed by atoms with van der Waals surface area (Å²) in [5, 5.41) is 12.2. The third kappa shape index (κ3) is 2.66. The van der Waals surface area contributed by atoms with Crippen molar-refractivity contribution in [1.82, 2.24) is 0 Å². The highest BCUT2D eigenvalue weighted by molar-refractivity contribution is 9.09. The summed E-state index contributed by atoms with van der Waals surface area (Å²) in [7, 11) is 0. The lowest BCUT2D eigenvalue weighted by Crippen LogP contribution is -1.88. The van der Waals surface area contributed by atoms with Crippen LogP contribution in [0, 0.1) is 0 Å². The Morgan fingerprint density at radius 3 is 3.00 bits per heavy atom. The molecule has 2 nitrogen and oxygen atoms in total. The van der Waals surface area contributed by atoms with Gasteiger partial charge < -0.3 is 5.21 Å². The van der Waals surface area contributed by atoms with Gasteiger partial charge in [-0.1, -0.05) is 45.4 Å². The zero-order chi connectivity index (χ0) is 8.81. The van der Waals surface area contributed by atoms with E-state index < -0.39 is 0 Å². The van der Waals surface area contributed by atoms with E-state index >= 15 is 0 Å². The smallest absolute Gasteiger partial charge is 0.0733 e. The Morgan fingerprint density at radius 1 is 1.50 bits per heavy atom. The minimum Gasteiger partial charge on any atom is -0.411 e. The molecule has 0 amide bonds. The van der Waals surface area contributed by atoms with Crippen molar-refractivity contribution in [3.8, 4) is 0 Å².